The molecule has 2 atom stereocenters. The Bertz CT molecular complexity index is 354. The van der Waals surface area contributed by atoms with E-state index in [-0.39, 0.29) is 0 Å². The average molecular weight is 230 g/mol. The van der Waals surface area contributed by atoms with Gasteiger partial charge in [0.15, 0.2) is 0 Å². The lowest BCUT2D eigenvalue weighted by Gasteiger charge is -2.32. The predicted octanol–water partition coefficient (Wildman–Crippen LogP) is 2.04. The minimum Gasteiger partial charge on any atom is -0.304 e. The maximum Gasteiger partial charge on any atom is 0.0110 e. The fourth-order valence-electron chi connectivity index (χ4n) is 2.92. The van der Waals surface area contributed by atoms with Crippen LogP contribution in [-0.4, -0.2) is 49.6 Å². The van der Waals surface area contributed by atoms with E-state index in [0.717, 1.165) is 11.8 Å². The Labute approximate surface area is 104 Å². The molecule has 1 aliphatic heterocycles. The van der Waals surface area contributed by atoms with Gasteiger partial charge in [-0.3, -0.25) is 0 Å². The van der Waals surface area contributed by atoms with Crippen molar-refractivity contribution in [3.63, 3.8) is 0 Å². The van der Waals surface area contributed by atoms with Gasteiger partial charge in [0.25, 0.3) is 0 Å². The van der Waals surface area contributed by atoms with Crippen LogP contribution >= 0.6 is 0 Å². The number of nitrogens with zero attached hydrogens (tertiary/aromatic N) is 2. The van der Waals surface area contributed by atoms with Crippen molar-refractivity contribution in [2.45, 2.75) is 12.3 Å². The zero-order chi connectivity index (χ0) is 11.7. The van der Waals surface area contributed by atoms with Gasteiger partial charge in [-0.1, -0.05) is 30.3 Å². The molecule has 3 rings (SSSR count). The highest BCUT2D eigenvalue weighted by Gasteiger charge is 2.39. The van der Waals surface area contributed by atoms with Gasteiger partial charge < -0.3 is 9.80 Å². The van der Waals surface area contributed by atoms with E-state index < -0.39 is 0 Å². The van der Waals surface area contributed by atoms with Gasteiger partial charge in [-0.15, -0.1) is 0 Å². The van der Waals surface area contributed by atoms with Gasteiger partial charge in [-0.05, 0) is 30.9 Å². The molecular weight excluding hydrogens is 208 g/mol. The van der Waals surface area contributed by atoms with E-state index in [0.29, 0.717) is 0 Å². The van der Waals surface area contributed by atoms with Crippen molar-refractivity contribution < 1.29 is 0 Å². The minimum absolute atomic E-state index is 0.843. The first kappa shape index (κ1) is 11.2. The van der Waals surface area contributed by atoms with Gasteiger partial charge in [-0.2, -0.15) is 0 Å². The van der Waals surface area contributed by atoms with Crippen LogP contribution in [0.4, 0.5) is 0 Å². The average Bonchev–Trinajstić information content (AvgIpc) is 3.13. The summed E-state index contributed by atoms with van der Waals surface area (Å²) in [4.78, 5) is 5.08. The molecule has 1 aromatic carbocycles. The second-order valence-corrected chi connectivity index (χ2v) is 5.62. The standard InChI is InChI=1S/C15H22N2/c1-16-7-9-17(10-8-16)12-14-11-15(14)13-5-3-2-4-6-13/h2-6,14-15H,7-12H2,1H3/t14-,15+/m1/s1. The SMILES string of the molecule is CN1CCN(C[C@H]2C[C@H]2c2ccccc2)CC1. The zero-order valence-corrected chi connectivity index (χ0v) is 10.7. The third kappa shape index (κ3) is 2.70. The highest BCUT2D eigenvalue weighted by molar-refractivity contribution is 5.25. The Balaban J connectivity index is 1.49. The molecule has 92 valence electrons. The van der Waals surface area contributed by atoms with Crippen molar-refractivity contribution in [1.82, 2.24) is 9.80 Å². The van der Waals surface area contributed by atoms with Crippen molar-refractivity contribution in [2.75, 3.05) is 39.8 Å². The molecule has 2 fully saturated rings. The fraction of sp³-hybridized carbons (Fsp3) is 0.600. The number of piperazine rings is 1. The second kappa shape index (κ2) is 4.79. The molecule has 0 spiro atoms. The van der Waals surface area contributed by atoms with Crippen LogP contribution in [0, 0.1) is 5.92 Å². The molecule has 0 aromatic heterocycles. The molecule has 17 heavy (non-hydrogen) atoms. The predicted molar refractivity (Wildman–Crippen MR) is 71.2 cm³/mol. The van der Waals surface area contributed by atoms with Crippen LogP contribution in [0.5, 0.6) is 0 Å². The molecule has 1 saturated carbocycles. The highest BCUT2D eigenvalue weighted by atomic mass is 15.2. The molecule has 0 amide bonds. The summed E-state index contributed by atoms with van der Waals surface area (Å²) in [6.45, 7) is 6.31. The minimum atomic E-state index is 0.843. The molecule has 0 unspecified atom stereocenters. The van der Waals surface area contributed by atoms with E-state index in [4.69, 9.17) is 0 Å². The van der Waals surface area contributed by atoms with Crippen molar-refractivity contribution in [3.05, 3.63) is 35.9 Å². The Hall–Kier alpha value is -0.860. The third-order valence-corrected chi connectivity index (χ3v) is 4.24. The van der Waals surface area contributed by atoms with Crippen LogP contribution in [0.2, 0.25) is 0 Å². The number of hydrogen-bond donors (Lipinski definition) is 0. The normalized spacial score (nSPS) is 30.4. The summed E-state index contributed by atoms with van der Waals surface area (Å²) in [6, 6.07) is 11.0. The van der Waals surface area contributed by atoms with Gasteiger partial charge in [0.2, 0.25) is 0 Å². The molecule has 0 N–H and O–H groups in total. The molecular formula is C15H22N2. The molecule has 1 aliphatic carbocycles. The smallest absolute Gasteiger partial charge is 0.0110 e. The van der Waals surface area contributed by atoms with Crippen LogP contribution in [0.1, 0.15) is 17.9 Å². The summed E-state index contributed by atoms with van der Waals surface area (Å²) in [6.07, 6.45) is 1.40. The molecule has 1 aromatic rings. The van der Waals surface area contributed by atoms with E-state index in [1.807, 2.05) is 0 Å². The molecule has 1 saturated heterocycles. The molecule has 2 aliphatic rings. The summed E-state index contributed by atoms with van der Waals surface area (Å²) in [5.74, 6) is 1.76. The van der Waals surface area contributed by atoms with Crippen LogP contribution in [-0.2, 0) is 0 Å². The van der Waals surface area contributed by atoms with Gasteiger partial charge in [0, 0.05) is 32.7 Å². The summed E-state index contributed by atoms with van der Waals surface area (Å²) in [7, 11) is 2.22. The first-order valence-electron chi connectivity index (χ1n) is 6.79. The van der Waals surface area contributed by atoms with Gasteiger partial charge in [0.1, 0.15) is 0 Å². The van der Waals surface area contributed by atoms with Crippen molar-refractivity contribution >= 4 is 0 Å². The molecule has 0 bridgehead atoms. The first-order chi connectivity index (χ1) is 8.33. The largest absolute Gasteiger partial charge is 0.304 e. The van der Waals surface area contributed by atoms with E-state index in [1.165, 1.54) is 39.1 Å². The Kier molecular flexibility index (Phi) is 3.17. The summed E-state index contributed by atoms with van der Waals surface area (Å²) in [5, 5.41) is 0. The van der Waals surface area contributed by atoms with Crippen molar-refractivity contribution in [3.8, 4) is 0 Å². The Morgan fingerprint density at radius 3 is 2.47 bits per heavy atom. The number of likely N-dealkylation sites (N-methyl/N-ethyl adjacent to an activating group) is 1. The zero-order valence-electron chi connectivity index (χ0n) is 10.7. The van der Waals surface area contributed by atoms with Crippen molar-refractivity contribution in [2.24, 2.45) is 5.92 Å². The number of rotatable bonds is 3. The topological polar surface area (TPSA) is 6.48 Å². The molecule has 1 heterocycles. The lowest BCUT2D eigenvalue weighted by Crippen LogP contribution is -2.45. The number of benzene rings is 1. The van der Waals surface area contributed by atoms with Gasteiger partial charge >= 0.3 is 0 Å². The maximum absolute atomic E-state index is 2.65. The quantitative estimate of drug-likeness (QED) is 0.784. The van der Waals surface area contributed by atoms with Crippen LogP contribution in [0.25, 0.3) is 0 Å². The first-order valence-corrected chi connectivity index (χ1v) is 6.79. The van der Waals surface area contributed by atoms with Crippen molar-refractivity contribution in [1.29, 1.82) is 0 Å². The summed E-state index contributed by atoms with van der Waals surface area (Å²) < 4.78 is 0. The lowest BCUT2D eigenvalue weighted by atomic mass is 10.1. The van der Waals surface area contributed by atoms with Gasteiger partial charge in [0.05, 0.1) is 0 Å². The Morgan fingerprint density at radius 2 is 1.76 bits per heavy atom. The second-order valence-electron chi connectivity index (χ2n) is 5.62. The highest BCUT2D eigenvalue weighted by Crippen LogP contribution is 2.47. The monoisotopic (exact) mass is 230 g/mol. The Morgan fingerprint density at radius 1 is 1.06 bits per heavy atom. The lowest BCUT2D eigenvalue weighted by molar-refractivity contribution is 0.148. The molecule has 2 nitrogen and oxygen atoms in total. The number of hydrogen-bond acceptors (Lipinski definition) is 2. The summed E-state index contributed by atoms with van der Waals surface area (Å²) >= 11 is 0. The maximum atomic E-state index is 2.65. The summed E-state index contributed by atoms with van der Waals surface area (Å²) in [5.41, 5.74) is 1.55. The third-order valence-electron chi connectivity index (χ3n) is 4.24. The van der Waals surface area contributed by atoms with Crippen LogP contribution in [0.3, 0.4) is 0 Å². The van der Waals surface area contributed by atoms with Gasteiger partial charge in [-0.25, -0.2) is 0 Å². The van der Waals surface area contributed by atoms with E-state index in [9.17, 15) is 0 Å². The van der Waals surface area contributed by atoms with E-state index in [2.05, 4.69) is 47.2 Å². The van der Waals surface area contributed by atoms with E-state index >= 15 is 0 Å². The molecule has 2 heteroatoms. The fourth-order valence-corrected chi connectivity index (χ4v) is 2.92. The molecule has 0 radical (unpaired) electrons. The van der Waals surface area contributed by atoms with Crippen LogP contribution in [0.15, 0.2) is 30.3 Å². The van der Waals surface area contributed by atoms with E-state index in [1.54, 1.807) is 5.56 Å². The van der Waals surface area contributed by atoms with Crippen LogP contribution < -0.4 is 0 Å².